The number of nitrogens with one attached hydrogen (secondary N) is 3. The van der Waals surface area contributed by atoms with Crippen LogP contribution in [0, 0.1) is 17.3 Å². The summed E-state index contributed by atoms with van der Waals surface area (Å²) >= 11 is 0. The van der Waals surface area contributed by atoms with E-state index >= 15 is 0 Å². The van der Waals surface area contributed by atoms with Crippen molar-refractivity contribution in [3.8, 4) is 0 Å². The number of likely N-dealkylation sites (N-methyl/N-ethyl adjacent to an activating group) is 2. The van der Waals surface area contributed by atoms with Gasteiger partial charge in [-0.25, -0.2) is 4.79 Å². The van der Waals surface area contributed by atoms with Crippen molar-refractivity contribution in [3.05, 3.63) is 47.7 Å². The Bertz CT molecular complexity index is 1050. The number of para-hydroxylation sites is 1. The van der Waals surface area contributed by atoms with Crippen molar-refractivity contribution in [1.82, 2.24) is 20.5 Å². The quantitative estimate of drug-likeness (QED) is 0.384. The molecule has 8 heteroatoms. The molecule has 2 rings (SSSR count). The van der Waals surface area contributed by atoms with Crippen LogP contribution in [0.4, 0.5) is 0 Å². The van der Waals surface area contributed by atoms with Gasteiger partial charge in [0, 0.05) is 30.4 Å². The number of rotatable bonds is 10. The Balaban J connectivity index is 2.22. The van der Waals surface area contributed by atoms with Gasteiger partial charge in [-0.15, -0.1) is 0 Å². The number of carboxylic acids is 1. The van der Waals surface area contributed by atoms with E-state index in [2.05, 4.69) is 15.6 Å². The molecule has 8 nitrogen and oxygen atoms in total. The monoisotopic (exact) mass is 484 g/mol. The second-order valence-corrected chi connectivity index (χ2v) is 10.5. The number of hydrogen-bond acceptors (Lipinski definition) is 4. The maximum atomic E-state index is 13.6. The second-order valence-electron chi connectivity index (χ2n) is 10.5. The summed E-state index contributed by atoms with van der Waals surface area (Å²) in [6.45, 7) is 11.5. The zero-order chi connectivity index (χ0) is 26.5. The first-order valence-electron chi connectivity index (χ1n) is 12.0. The third-order valence-corrected chi connectivity index (χ3v) is 6.47. The zero-order valence-corrected chi connectivity index (χ0v) is 22.1. The van der Waals surface area contributed by atoms with Crippen molar-refractivity contribution >= 4 is 28.7 Å². The van der Waals surface area contributed by atoms with Gasteiger partial charge in [-0.3, -0.25) is 9.59 Å². The van der Waals surface area contributed by atoms with Crippen LogP contribution in [0.5, 0.6) is 0 Å². The van der Waals surface area contributed by atoms with E-state index in [0.717, 1.165) is 16.6 Å². The van der Waals surface area contributed by atoms with Gasteiger partial charge >= 0.3 is 5.97 Å². The standard InChI is InChI=1S/C27H40N4O4/c1-16(2)22(13-17(3)26(34)35)31(8)25(33)19(27(4,5)6)15-29-24(32)23(28-7)21-14-18-11-9-10-12-20(18)30-21/h9-14,16,19,22-23,28,30H,15H2,1-8H3,(H,29,32)(H,34,35)/b17-13+/t19-,22-,23?/m1/s1. The predicted octanol–water partition coefficient (Wildman–Crippen LogP) is 3.72. The summed E-state index contributed by atoms with van der Waals surface area (Å²) < 4.78 is 0. The summed E-state index contributed by atoms with van der Waals surface area (Å²) in [7, 11) is 3.42. The number of carboxylic acid groups (broad SMARTS) is 1. The van der Waals surface area contributed by atoms with Gasteiger partial charge in [0.1, 0.15) is 6.04 Å². The Kier molecular flexibility index (Phi) is 9.26. The molecule has 0 bridgehead atoms. The van der Waals surface area contributed by atoms with Crippen LogP contribution < -0.4 is 10.6 Å². The van der Waals surface area contributed by atoms with Crippen LogP contribution in [0.15, 0.2) is 42.0 Å². The molecular formula is C27H40N4O4. The average Bonchev–Trinajstić information content (AvgIpc) is 3.19. The Hall–Kier alpha value is -3.13. The third kappa shape index (κ3) is 6.94. The van der Waals surface area contributed by atoms with Gasteiger partial charge in [-0.1, -0.05) is 58.9 Å². The van der Waals surface area contributed by atoms with E-state index in [9.17, 15) is 19.5 Å². The van der Waals surface area contributed by atoms with Crippen LogP contribution >= 0.6 is 0 Å². The first-order chi connectivity index (χ1) is 16.3. The number of aromatic nitrogens is 1. The maximum Gasteiger partial charge on any atom is 0.331 e. The molecule has 192 valence electrons. The van der Waals surface area contributed by atoms with Crippen molar-refractivity contribution in [2.24, 2.45) is 17.3 Å². The molecule has 0 aliphatic carbocycles. The number of H-pyrrole nitrogens is 1. The van der Waals surface area contributed by atoms with Crippen LogP contribution in [0.1, 0.15) is 53.3 Å². The average molecular weight is 485 g/mol. The number of carbonyl (C=O) groups is 3. The van der Waals surface area contributed by atoms with Gasteiger partial charge in [-0.05, 0) is 42.8 Å². The van der Waals surface area contributed by atoms with Crippen molar-refractivity contribution < 1.29 is 19.5 Å². The number of hydrogen-bond donors (Lipinski definition) is 4. The highest BCUT2D eigenvalue weighted by Crippen LogP contribution is 2.29. The molecule has 0 fully saturated rings. The Morgan fingerprint density at radius 3 is 2.31 bits per heavy atom. The van der Waals surface area contributed by atoms with E-state index in [-0.39, 0.29) is 35.9 Å². The van der Waals surface area contributed by atoms with E-state index in [0.29, 0.717) is 0 Å². The molecule has 35 heavy (non-hydrogen) atoms. The largest absolute Gasteiger partial charge is 0.478 e. The fraction of sp³-hybridized carbons (Fsp3) is 0.519. The summed E-state index contributed by atoms with van der Waals surface area (Å²) in [6, 6.07) is 8.79. The Morgan fingerprint density at radius 2 is 1.80 bits per heavy atom. The highest BCUT2D eigenvalue weighted by molar-refractivity contribution is 5.88. The molecule has 1 aromatic heterocycles. The molecule has 1 heterocycles. The van der Waals surface area contributed by atoms with E-state index in [1.165, 1.54) is 6.92 Å². The molecule has 4 N–H and O–H groups in total. The Labute approximate surface area is 208 Å². The van der Waals surface area contributed by atoms with Gasteiger partial charge in [0.2, 0.25) is 11.8 Å². The summed E-state index contributed by atoms with van der Waals surface area (Å²) in [5.74, 6) is -1.87. The normalized spacial score (nSPS) is 15.1. The van der Waals surface area contributed by atoms with Crippen LogP contribution in [0.3, 0.4) is 0 Å². The summed E-state index contributed by atoms with van der Waals surface area (Å²) in [5.41, 5.74) is 1.46. The molecule has 0 saturated carbocycles. The number of carbonyl (C=O) groups excluding carboxylic acids is 2. The van der Waals surface area contributed by atoms with Gasteiger partial charge < -0.3 is 25.6 Å². The molecule has 1 aromatic carbocycles. The smallest absolute Gasteiger partial charge is 0.331 e. The summed E-state index contributed by atoms with van der Waals surface area (Å²) in [6.07, 6.45) is 1.62. The molecule has 2 aromatic rings. The number of aliphatic carboxylic acids is 1. The molecule has 2 amide bonds. The lowest BCUT2D eigenvalue weighted by molar-refractivity contribution is -0.140. The van der Waals surface area contributed by atoms with Gasteiger partial charge in [0.05, 0.1) is 12.0 Å². The van der Waals surface area contributed by atoms with Crippen LogP contribution in [-0.4, -0.2) is 59.5 Å². The minimum atomic E-state index is -1.01. The first kappa shape index (κ1) is 28.1. The van der Waals surface area contributed by atoms with Crippen molar-refractivity contribution in [2.45, 2.75) is 53.6 Å². The SMILES string of the molecule is CNC(C(=O)NC[C@H](C(=O)N(C)[C@H](/C=C(\C)C(=O)O)C(C)C)C(C)(C)C)c1cc2ccccc2[nH]1. The lowest BCUT2D eigenvalue weighted by Crippen LogP contribution is -2.50. The van der Waals surface area contributed by atoms with Crippen molar-refractivity contribution in [2.75, 3.05) is 20.6 Å². The van der Waals surface area contributed by atoms with Crippen molar-refractivity contribution in [1.29, 1.82) is 0 Å². The highest BCUT2D eigenvalue weighted by atomic mass is 16.4. The van der Waals surface area contributed by atoms with Crippen LogP contribution in [0.25, 0.3) is 10.9 Å². The van der Waals surface area contributed by atoms with Gasteiger partial charge in [0.25, 0.3) is 0 Å². The van der Waals surface area contributed by atoms with Gasteiger partial charge in [0.15, 0.2) is 0 Å². The zero-order valence-electron chi connectivity index (χ0n) is 22.1. The lowest BCUT2D eigenvalue weighted by Gasteiger charge is -2.37. The minimum Gasteiger partial charge on any atom is -0.478 e. The second kappa shape index (κ2) is 11.5. The van der Waals surface area contributed by atoms with Crippen LogP contribution in [-0.2, 0) is 14.4 Å². The maximum absolute atomic E-state index is 13.6. The van der Waals surface area contributed by atoms with Crippen LogP contribution in [0.2, 0.25) is 0 Å². The van der Waals surface area contributed by atoms with E-state index in [4.69, 9.17) is 0 Å². The topological polar surface area (TPSA) is 115 Å². The minimum absolute atomic E-state index is 0.0177. The third-order valence-electron chi connectivity index (χ3n) is 6.47. The Morgan fingerprint density at radius 1 is 1.17 bits per heavy atom. The fourth-order valence-electron chi connectivity index (χ4n) is 4.22. The molecule has 0 saturated heterocycles. The summed E-state index contributed by atoms with van der Waals surface area (Å²) in [5, 5.41) is 16.3. The van der Waals surface area contributed by atoms with E-state index < -0.39 is 23.3 Å². The highest BCUT2D eigenvalue weighted by Gasteiger charge is 2.36. The number of fused-ring (bicyclic) bond motifs is 1. The van der Waals surface area contributed by atoms with E-state index in [1.54, 1.807) is 25.1 Å². The lowest BCUT2D eigenvalue weighted by atomic mass is 9.79. The molecule has 0 aliphatic heterocycles. The number of aromatic amines is 1. The molecule has 0 radical (unpaired) electrons. The predicted molar refractivity (Wildman–Crippen MR) is 139 cm³/mol. The molecular weight excluding hydrogens is 444 g/mol. The molecule has 1 unspecified atom stereocenters. The van der Waals surface area contributed by atoms with Crippen molar-refractivity contribution in [3.63, 3.8) is 0 Å². The molecule has 0 aliphatic rings. The fourth-order valence-corrected chi connectivity index (χ4v) is 4.22. The van der Waals surface area contributed by atoms with Gasteiger partial charge in [-0.2, -0.15) is 0 Å². The molecule has 0 spiro atoms. The first-order valence-corrected chi connectivity index (χ1v) is 12.0. The summed E-state index contributed by atoms with van der Waals surface area (Å²) in [4.78, 5) is 43.0. The number of benzene rings is 1. The number of nitrogens with zero attached hydrogens (tertiary/aromatic N) is 1. The number of amides is 2. The molecule has 3 atom stereocenters. The van der Waals surface area contributed by atoms with E-state index in [1.807, 2.05) is 65.0 Å².